The number of thiophene rings is 1. The second-order valence-corrected chi connectivity index (χ2v) is 8.90. The van der Waals surface area contributed by atoms with E-state index in [1.807, 2.05) is 6.92 Å². The van der Waals surface area contributed by atoms with Crippen LogP contribution >= 0.6 is 34.5 Å². The van der Waals surface area contributed by atoms with Crippen molar-refractivity contribution in [2.24, 2.45) is 0 Å². The molecule has 106 valence electrons. The van der Waals surface area contributed by atoms with Gasteiger partial charge in [-0.25, -0.2) is 8.42 Å². The highest BCUT2D eigenvalue weighted by molar-refractivity contribution is 7.91. The molecule has 0 N–H and O–H groups in total. The molecule has 1 saturated heterocycles. The summed E-state index contributed by atoms with van der Waals surface area (Å²) >= 11 is 12.9. The van der Waals surface area contributed by atoms with Gasteiger partial charge in [0.1, 0.15) is 4.34 Å². The van der Waals surface area contributed by atoms with Crippen molar-refractivity contribution in [3.8, 4) is 0 Å². The zero-order valence-corrected chi connectivity index (χ0v) is 13.4. The highest BCUT2D eigenvalue weighted by Crippen LogP contribution is 2.32. The highest BCUT2D eigenvalue weighted by Gasteiger charge is 2.35. The number of hydrogen-bond acceptors (Lipinski definition) is 4. The maximum Gasteiger partial charge on any atom is 0.256 e. The third kappa shape index (κ3) is 3.24. The van der Waals surface area contributed by atoms with Crippen LogP contribution in [-0.2, 0) is 9.84 Å². The van der Waals surface area contributed by atoms with E-state index in [9.17, 15) is 13.2 Å². The Balaban J connectivity index is 2.23. The first-order valence-electron chi connectivity index (χ1n) is 5.80. The summed E-state index contributed by atoms with van der Waals surface area (Å²) in [7, 11) is -3.02. The molecule has 0 aromatic carbocycles. The number of sulfone groups is 1. The molecule has 1 aromatic rings. The van der Waals surface area contributed by atoms with E-state index in [2.05, 4.69) is 0 Å². The fraction of sp³-hybridized carbons (Fsp3) is 0.545. The van der Waals surface area contributed by atoms with Crippen LogP contribution in [0.2, 0.25) is 8.67 Å². The van der Waals surface area contributed by atoms with Gasteiger partial charge < -0.3 is 4.90 Å². The lowest BCUT2D eigenvalue weighted by atomic mass is 10.2. The second-order valence-electron chi connectivity index (χ2n) is 4.39. The van der Waals surface area contributed by atoms with Crippen LogP contribution in [0.1, 0.15) is 23.7 Å². The molecule has 2 heterocycles. The highest BCUT2D eigenvalue weighted by atomic mass is 35.5. The van der Waals surface area contributed by atoms with E-state index in [1.165, 1.54) is 6.07 Å². The Hall–Kier alpha value is -0.300. The van der Waals surface area contributed by atoms with Crippen molar-refractivity contribution in [1.29, 1.82) is 0 Å². The number of hydrogen-bond donors (Lipinski definition) is 0. The molecule has 0 aliphatic carbocycles. The molecule has 19 heavy (non-hydrogen) atoms. The lowest BCUT2D eigenvalue weighted by Gasteiger charge is -2.26. The average Bonchev–Trinajstić information content (AvgIpc) is 2.82. The topological polar surface area (TPSA) is 54.5 Å². The zero-order valence-electron chi connectivity index (χ0n) is 10.2. The van der Waals surface area contributed by atoms with Crippen molar-refractivity contribution in [3.05, 3.63) is 20.3 Å². The Morgan fingerprint density at radius 2 is 2.21 bits per heavy atom. The van der Waals surface area contributed by atoms with Crippen LogP contribution in [0, 0.1) is 0 Å². The van der Waals surface area contributed by atoms with Gasteiger partial charge in [-0.1, -0.05) is 23.2 Å². The van der Waals surface area contributed by atoms with Gasteiger partial charge in [-0.2, -0.15) is 0 Å². The van der Waals surface area contributed by atoms with Crippen molar-refractivity contribution in [1.82, 2.24) is 4.90 Å². The zero-order chi connectivity index (χ0) is 14.2. The van der Waals surface area contributed by atoms with E-state index in [1.54, 1.807) is 4.90 Å². The molecule has 1 amide bonds. The van der Waals surface area contributed by atoms with Gasteiger partial charge in [-0.15, -0.1) is 11.3 Å². The fourth-order valence-corrected chi connectivity index (χ4v) is 5.41. The minimum atomic E-state index is -3.02. The van der Waals surface area contributed by atoms with Crippen LogP contribution in [0.4, 0.5) is 0 Å². The van der Waals surface area contributed by atoms with Crippen molar-refractivity contribution in [3.63, 3.8) is 0 Å². The Kier molecular flexibility index (Phi) is 4.45. The number of carbonyl (C=O) groups excluding carboxylic acids is 1. The lowest BCUT2D eigenvalue weighted by molar-refractivity contribution is 0.0709. The molecule has 1 aliphatic rings. The SMILES string of the molecule is CCN(C(=O)c1cc(Cl)sc1Cl)C1CCS(=O)(=O)C1. The van der Waals surface area contributed by atoms with E-state index in [4.69, 9.17) is 23.2 Å². The molecule has 1 fully saturated rings. The summed E-state index contributed by atoms with van der Waals surface area (Å²) in [6, 6.07) is 1.26. The van der Waals surface area contributed by atoms with Crippen molar-refractivity contribution < 1.29 is 13.2 Å². The molecule has 1 atom stereocenters. The standard InChI is InChI=1S/C11H13Cl2NO3S2/c1-2-14(7-3-4-19(16,17)6-7)11(15)8-5-9(12)18-10(8)13/h5,7H,2-4,6H2,1H3. The lowest BCUT2D eigenvalue weighted by Crippen LogP contribution is -2.40. The molecule has 0 spiro atoms. The largest absolute Gasteiger partial charge is 0.335 e. The van der Waals surface area contributed by atoms with Crippen molar-refractivity contribution >= 4 is 50.3 Å². The molecule has 1 aromatic heterocycles. The van der Waals surface area contributed by atoms with E-state index in [0.29, 0.717) is 27.2 Å². The Labute approximate surface area is 126 Å². The normalized spacial score (nSPS) is 21.5. The van der Waals surface area contributed by atoms with Gasteiger partial charge in [0, 0.05) is 12.6 Å². The van der Waals surface area contributed by atoms with Crippen LogP contribution in [0.3, 0.4) is 0 Å². The second kappa shape index (κ2) is 5.60. The fourth-order valence-electron chi connectivity index (χ4n) is 2.23. The summed E-state index contributed by atoms with van der Waals surface area (Å²) < 4.78 is 23.8. The van der Waals surface area contributed by atoms with Crippen LogP contribution in [-0.4, -0.2) is 43.3 Å². The Morgan fingerprint density at radius 1 is 1.53 bits per heavy atom. The molecular weight excluding hydrogens is 329 g/mol. The van der Waals surface area contributed by atoms with Gasteiger partial charge in [-0.05, 0) is 19.4 Å². The number of rotatable bonds is 3. The van der Waals surface area contributed by atoms with Gasteiger partial charge >= 0.3 is 0 Å². The Morgan fingerprint density at radius 3 is 2.63 bits per heavy atom. The summed E-state index contributed by atoms with van der Waals surface area (Å²) in [6.07, 6.45) is 0.484. The summed E-state index contributed by atoms with van der Waals surface area (Å²) in [5.74, 6) is -0.0838. The summed E-state index contributed by atoms with van der Waals surface area (Å²) in [5, 5.41) is 0. The predicted molar refractivity (Wildman–Crippen MR) is 78.1 cm³/mol. The monoisotopic (exact) mass is 341 g/mol. The van der Waals surface area contributed by atoms with Gasteiger partial charge in [0.15, 0.2) is 9.84 Å². The Bertz CT molecular complexity index is 597. The third-order valence-electron chi connectivity index (χ3n) is 3.14. The third-order valence-corrected chi connectivity index (χ3v) is 6.38. The quantitative estimate of drug-likeness (QED) is 0.849. The number of halogens is 2. The maximum absolute atomic E-state index is 12.4. The maximum atomic E-state index is 12.4. The smallest absolute Gasteiger partial charge is 0.256 e. The number of nitrogens with zero attached hydrogens (tertiary/aromatic N) is 1. The first-order chi connectivity index (χ1) is 8.84. The molecule has 1 unspecified atom stereocenters. The van der Waals surface area contributed by atoms with E-state index >= 15 is 0 Å². The number of amides is 1. The minimum absolute atomic E-state index is 0.0298. The van der Waals surface area contributed by atoms with Crippen molar-refractivity contribution in [2.45, 2.75) is 19.4 Å². The molecule has 1 aliphatic heterocycles. The van der Waals surface area contributed by atoms with Crippen molar-refractivity contribution in [2.75, 3.05) is 18.1 Å². The van der Waals surface area contributed by atoms with E-state index in [0.717, 1.165) is 11.3 Å². The summed E-state index contributed by atoms with van der Waals surface area (Å²) in [5.41, 5.74) is 0.350. The van der Waals surface area contributed by atoms with Gasteiger partial charge in [-0.3, -0.25) is 4.79 Å². The van der Waals surface area contributed by atoms with Crippen LogP contribution in [0.25, 0.3) is 0 Å². The van der Waals surface area contributed by atoms with Crippen LogP contribution in [0.15, 0.2) is 6.07 Å². The van der Waals surface area contributed by atoms with Crippen LogP contribution < -0.4 is 0 Å². The molecule has 2 rings (SSSR count). The summed E-state index contributed by atoms with van der Waals surface area (Å²) in [4.78, 5) is 14.0. The molecule has 0 radical (unpaired) electrons. The minimum Gasteiger partial charge on any atom is -0.335 e. The molecule has 8 heteroatoms. The molecule has 0 saturated carbocycles. The van der Waals surface area contributed by atoms with Crippen LogP contribution in [0.5, 0.6) is 0 Å². The van der Waals surface area contributed by atoms with Gasteiger partial charge in [0.05, 0.1) is 21.4 Å². The number of carbonyl (C=O) groups is 1. The molecule has 0 bridgehead atoms. The first-order valence-corrected chi connectivity index (χ1v) is 9.19. The first kappa shape index (κ1) is 15.1. The molecular formula is C11H13Cl2NO3S2. The van der Waals surface area contributed by atoms with Gasteiger partial charge in [0.25, 0.3) is 5.91 Å². The van der Waals surface area contributed by atoms with E-state index < -0.39 is 9.84 Å². The van der Waals surface area contributed by atoms with E-state index in [-0.39, 0.29) is 23.5 Å². The predicted octanol–water partition coefficient (Wildman–Crippen LogP) is 2.70. The molecule has 4 nitrogen and oxygen atoms in total. The van der Waals surface area contributed by atoms with Gasteiger partial charge in [0.2, 0.25) is 0 Å². The summed E-state index contributed by atoms with van der Waals surface area (Å²) in [6.45, 7) is 2.27. The average molecular weight is 342 g/mol.